The van der Waals surface area contributed by atoms with Crippen LogP contribution in [-0.4, -0.2) is 15.3 Å². The first-order valence-electron chi connectivity index (χ1n) is 11.9. The highest BCUT2D eigenvalue weighted by Gasteiger charge is 2.30. The van der Waals surface area contributed by atoms with Crippen LogP contribution in [0.15, 0.2) is 64.0 Å². The van der Waals surface area contributed by atoms with Crippen LogP contribution >= 0.6 is 11.3 Å². The third-order valence-corrected chi connectivity index (χ3v) is 7.95. The second-order valence-corrected chi connectivity index (χ2v) is 10.6. The van der Waals surface area contributed by atoms with Gasteiger partial charge in [-0.3, -0.25) is 10.1 Å². The van der Waals surface area contributed by atoms with Crippen LogP contribution in [0, 0.1) is 28.4 Å². The third kappa shape index (κ3) is 5.36. The van der Waals surface area contributed by atoms with Crippen molar-refractivity contribution in [1.82, 2.24) is 4.68 Å². The Hall–Kier alpha value is -3.06. The van der Waals surface area contributed by atoms with Crippen LogP contribution in [-0.2, 0) is 0 Å². The standard InChI is InChI=1S/C27H32N4O2S/c1-5-27(3,4)21-10-14-23(15-11-21)29-30-25(20-8-16-24(17-9-20)31(32)33)18-34-26(30)28-22-12-6-19(2)7-13-22/h6-9,12-13,16-18,21H,5,10-11,14-15H2,1-4H3. The highest BCUT2D eigenvalue weighted by Crippen LogP contribution is 2.39. The Morgan fingerprint density at radius 2 is 1.74 bits per heavy atom. The van der Waals surface area contributed by atoms with Gasteiger partial charge in [0.05, 0.1) is 16.3 Å². The van der Waals surface area contributed by atoms with E-state index in [1.54, 1.807) is 24.3 Å². The normalized spacial score (nSPS) is 17.1. The minimum atomic E-state index is -0.375. The number of hydrogen-bond donors (Lipinski definition) is 0. The maximum atomic E-state index is 11.1. The molecule has 0 aliphatic heterocycles. The first-order chi connectivity index (χ1) is 16.3. The van der Waals surface area contributed by atoms with E-state index < -0.39 is 0 Å². The second-order valence-electron chi connectivity index (χ2n) is 9.75. The monoisotopic (exact) mass is 476 g/mol. The Labute approximate surface area is 204 Å². The highest BCUT2D eigenvalue weighted by molar-refractivity contribution is 7.07. The molecule has 1 aromatic heterocycles. The fourth-order valence-corrected chi connectivity index (χ4v) is 5.27. The fraction of sp³-hybridized carbons (Fsp3) is 0.407. The zero-order chi connectivity index (χ0) is 24.3. The van der Waals surface area contributed by atoms with E-state index in [-0.39, 0.29) is 10.6 Å². The number of aromatic nitrogens is 1. The number of rotatable bonds is 6. The molecule has 7 heteroatoms. The van der Waals surface area contributed by atoms with E-state index in [1.165, 1.54) is 29.0 Å². The van der Waals surface area contributed by atoms with Crippen LogP contribution in [0.3, 0.4) is 0 Å². The molecule has 0 amide bonds. The SMILES string of the molecule is CCC(C)(C)C1CCC(=Nn2c(-c3ccc([N+](=O)[O-])cc3)csc2=Nc2ccc(C)cc2)CC1. The van der Waals surface area contributed by atoms with E-state index in [9.17, 15) is 10.1 Å². The van der Waals surface area contributed by atoms with E-state index in [0.717, 1.165) is 53.3 Å². The topological polar surface area (TPSA) is 72.8 Å². The molecule has 0 saturated heterocycles. The van der Waals surface area contributed by atoms with Crippen LogP contribution in [0.25, 0.3) is 11.3 Å². The molecule has 1 aliphatic carbocycles. The number of benzene rings is 2. The molecule has 0 spiro atoms. The summed E-state index contributed by atoms with van der Waals surface area (Å²) >= 11 is 1.53. The lowest BCUT2D eigenvalue weighted by atomic mass is 9.69. The van der Waals surface area contributed by atoms with Crippen molar-refractivity contribution < 1.29 is 4.92 Å². The number of aryl methyl sites for hydroxylation is 1. The summed E-state index contributed by atoms with van der Waals surface area (Å²) in [5.41, 5.74) is 5.48. The van der Waals surface area contributed by atoms with Crippen molar-refractivity contribution in [2.75, 3.05) is 0 Å². The van der Waals surface area contributed by atoms with Gasteiger partial charge in [0, 0.05) is 28.8 Å². The molecule has 1 heterocycles. The lowest BCUT2D eigenvalue weighted by Gasteiger charge is -2.36. The molecular formula is C27H32N4O2S. The van der Waals surface area contributed by atoms with E-state index in [1.807, 2.05) is 22.2 Å². The molecule has 178 valence electrons. The van der Waals surface area contributed by atoms with E-state index >= 15 is 0 Å². The minimum absolute atomic E-state index is 0.0817. The summed E-state index contributed by atoms with van der Waals surface area (Å²) in [6, 6.07) is 14.8. The predicted molar refractivity (Wildman–Crippen MR) is 140 cm³/mol. The van der Waals surface area contributed by atoms with Crippen molar-refractivity contribution in [3.05, 3.63) is 74.4 Å². The third-order valence-electron chi connectivity index (χ3n) is 7.14. The Morgan fingerprint density at radius 3 is 2.32 bits per heavy atom. The van der Waals surface area contributed by atoms with Crippen LogP contribution in [0.1, 0.15) is 58.4 Å². The lowest BCUT2D eigenvalue weighted by Crippen LogP contribution is -2.28. The van der Waals surface area contributed by atoms with Crippen LogP contribution in [0.4, 0.5) is 11.4 Å². The average Bonchev–Trinajstić information content (AvgIpc) is 3.22. The van der Waals surface area contributed by atoms with Crippen molar-refractivity contribution in [2.24, 2.45) is 21.4 Å². The number of nitrogens with zero attached hydrogens (tertiary/aromatic N) is 4. The predicted octanol–water partition coefficient (Wildman–Crippen LogP) is 7.50. The molecule has 1 saturated carbocycles. The first kappa shape index (κ1) is 24.1. The average molecular weight is 477 g/mol. The van der Waals surface area contributed by atoms with Gasteiger partial charge in [-0.05, 0) is 68.2 Å². The van der Waals surface area contributed by atoms with Gasteiger partial charge in [-0.15, -0.1) is 11.3 Å². The van der Waals surface area contributed by atoms with Gasteiger partial charge in [-0.2, -0.15) is 5.10 Å². The van der Waals surface area contributed by atoms with Crippen molar-refractivity contribution in [1.29, 1.82) is 0 Å². The number of nitro groups is 1. The molecule has 0 N–H and O–H groups in total. The summed E-state index contributed by atoms with van der Waals surface area (Å²) in [6.07, 6.45) is 5.47. The molecule has 0 bridgehead atoms. The number of non-ortho nitro benzene ring substituents is 1. The quantitative estimate of drug-likeness (QED) is 0.273. The molecular weight excluding hydrogens is 444 g/mol. The summed E-state index contributed by atoms with van der Waals surface area (Å²) < 4.78 is 1.92. The summed E-state index contributed by atoms with van der Waals surface area (Å²) in [5, 5.41) is 18.2. The Bertz CT molecular complexity index is 1240. The van der Waals surface area contributed by atoms with E-state index in [0.29, 0.717) is 5.41 Å². The van der Waals surface area contributed by atoms with Crippen molar-refractivity contribution in [3.8, 4) is 11.3 Å². The second kappa shape index (κ2) is 10.1. The maximum absolute atomic E-state index is 11.1. The van der Waals surface area contributed by atoms with Crippen molar-refractivity contribution in [3.63, 3.8) is 0 Å². The van der Waals surface area contributed by atoms with Crippen molar-refractivity contribution >= 4 is 28.4 Å². The molecule has 2 aromatic carbocycles. The molecule has 6 nitrogen and oxygen atoms in total. The summed E-state index contributed by atoms with van der Waals surface area (Å²) in [4.78, 5) is 16.4. The lowest BCUT2D eigenvalue weighted by molar-refractivity contribution is -0.384. The summed E-state index contributed by atoms with van der Waals surface area (Å²) in [7, 11) is 0. The Balaban J connectivity index is 1.73. The van der Waals surface area contributed by atoms with Gasteiger partial charge in [0.15, 0.2) is 0 Å². The van der Waals surface area contributed by atoms with E-state index in [4.69, 9.17) is 10.1 Å². The molecule has 1 aliphatic rings. The van der Waals surface area contributed by atoms with Gasteiger partial charge >= 0.3 is 0 Å². The molecule has 1 fully saturated rings. The zero-order valence-corrected chi connectivity index (χ0v) is 21.1. The fourth-order valence-electron chi connectivity index (χ4n) is 4.42. The smallest absolute Gasteiger partial charge is 0.258 e. The molecule has 4 rings (SSSR count). The zero-order valence-electron chi connectivity index (χ0n) is 20.3. The molecule has 0 atom stereocenters. The molecule has 0 unspecified atom stereocenters. The largest absolute Gasteiger partial charge is 0.269 e. The molecule has 3 aromatic rings. The maximum Gasteiger partial charge on any atom is 0.269 e. The number of nitro benzene ring substituents is 1. The van der Waals surface area contributed by atoms with Gasteiger partial charge in [0.1, 0.15) is 0 Å². The van der Waals surface area contributed by atoms with E-state index in [2.05, 4.69) is 39.8 Å². The molecule has 34 heavy (non-hydrogen) atoms. The Kier molecular flexibility index (Phi) is 7.12. The summed E-state index contributed by atoms with van der Waals surface area (Å²) in [5.74, 6) is 0.717. The van der Waals surface area contributed by atoms with Gasteiger partial charge in [-0.1, -0.05) is 44.9 Å². The van der Waals surface area contributed by atoms with Crippen molar-refractivity contribution in [2.45, 2.75) is 59.8 Å². The highest BCUT2D eigenvalue weighted by atomic mass is 32.1. The summed E-state index contributed by atoms with van der Waals surface area (Å²) in [6.45, 7) is 9.08. The molecule has 0 radical (unpaired) electrons. The van der Waals surface area contributed by atoms with Crippen LogP contribution < -0.4 is 4.80 Å². The minimum Gasteiger partial charge on any atom is -0.258 e. The number of hydrogen-bond acceptors (Lipinski definition) is 5. The van der Waals surface area contributed by atoms with Gasteiger partial charge in [-0.25, -0.2) is 9.67 Å². The van der Waals surface area contributed by atoms with Gasteiger partial charge in [0.25, 0.3) is 5.69 Å². The van der Waals surface area contributed by atoms with Gasteiger partial charge < -0.3 is 0 Å². The van der Waals surface area contributed by atoms with Crippen LogP contribution in [0.5, 0.6) is 0 Å². The Morgan fingerprint density at radius 1 is 1.09 bits per heavy atom. The first-order valence-corrected chi connectivity index (χ1v) is 12.8. The van der Waals surface area contributed by atoms with Crippen LogP contribution in [0.2, 0.25) is 0 Å². The number of thiazole rings is 1. The van der Waals surface area contributed by atoms with Gasteiger partial charge in [0.2, 0.25) is 4.80 Å².